The number of hydrogen-bond donors (Lipinski definition) is 2. The largest absolute Gasteiger partial charge is 0.469 e. The monoisotopic (exact) mass is 1710 g/mol. The summed E-state index contributed by atoms with van der Waals surface area (Å²) in [5, 5.41) is 15.3. The highest BCUT2D eigenvalue weighted by molar-refractivity contribution is 7.90. The van der Waals surface area contributed by atoms with E-state index in [0.29, 0.717) is 12.8 Å². The first kappa shape index (κ1) is 82.0. The number of carbonyl (C=O) groups is 4. The fourth-order valence-electron chi connectivity index (χ4n) is 22.3. The molecular weight excluding hydrogens is 1610 g/mol. The van der Waals surface area contributed by atoms with E-state index in [2.05, 4.69) is 9.47 Å². The van der Waals surface area contributed by atoms with Crippen LogP contribution in [0.1, 0.15) is 122 Å². The van der Waals surface area contributed by atoms with Gasteiger partial charge >= 0.3 is 23.9 Å². The second-order valence-corrected chi connectivity index (χ2v) is 46.6. The summed E-state index contributed by atoms with van der Waals surface area (Å²) in [5.74, 6) is -3.00. The second-order valence-electron chi connectivity index (χ2n) is 34.0. The molecule has 624 valence electrons. The smallest absolute Gasteiger partial charge is 0.332 e. The molecule has 0 spiro atoms. The second kappa shape index (κ2) is 25.7. The summed E-state index contributed by atoms with van der Waals surface area (Å²) in [6.07, 6.45) is -3.54. The fourth-order valence-corrected chi connectivity index (χ4v) is 35.6. The van der Waals surface area contributed by atoms with Gasteiger partial charge in [-0.25, -0.2) is 0 Å². The van der Waals surface area contributed by atoms with Gasteiger partial charge in [0.05, 0.1) is 63.1 Å². The lowest BCUT2D eigenvalue weighted by molar-refractivity contribution is -0.162. The van der Waals surface area contributed by atoms with Crippen LogP contribution < -0.4 is 0 Å². The van der Waals surface area contributed by atoms with Crippen LogP contribution in [0, 0.1) is 53.3 Å². The molecule has 0 aromatic carbocycles. The molecule has 21 aliphatic rings. The molecule has 0 aromatic heterocycles. The maximum absolute atomic E-state index is 12.2. The molecule has 110 heavy (non-hydrogen) atoms. The van der Waals surface area contributed by atoms with Crippen molar-refractivity contribution in [1.29, 1.82) is 0 Å². The van der Waals surface area contributed by atoms with Gasteiger partial charge in [0.2, 0.25) is 4.75 Å². The molecule has 37 atom stereocenters. The topological polar surface area (TPSA) is 514 Å². The predicted molar refractivity (Wildman–Crippen MR) is 364 cm³/mol. The quantitative estimate of drug-likeness (QED) is 0.154. The van der Waals surface area contributed by atoms with Gasteiger partial charge in [-0.15, -0.1) is 0 Å². The first-order valence-electron chi connectivity index (χ1n) is 36.6. The number of rotatable bonds is 8. The summed E-state index contributed by atoms with van der Waals surface area (Å²) in [6.45, 7) is 22.5. The van der Waals surface area contributed by atoms with Gasteiger partial charge in [-0.05, 0) is 33.6 Å². The number of esters is 4. The summed E-state index contributed by atoms with van der Waals surface area (Å²) in [6, 6.07) is 0. The number of hydrogen-bond acceptors (Lipinski definition) is 38. The lowest BCUT2D eigenvalue weighted by atomic mass is 9.73. The summed E-state index contributed by atoms with van der Waals surface area (Å²) in [7, 11) is -22.8. The molecule has 21 rings (SSSR count). The Morgan fingerprint density at radius 2 is 0.891 bits per heavy atom. The van der Waals surface area contributed by atoms with Crippen molar-refractivity contribution < 1.29 is 170 Å². The van der Waals surface area contributed by atoms with Crippen LogP contribution in [0.25, 0.3) is 0 Å². The zero-order chi connectivity index (χ0) is 80.6. The minimum atomic E-state index is -3.94. The number of fused-ring (bicyclic) bond motifs is 7. The third-order valence-electron chi connectivity index (χ3n) is 28.4. The number of carbonyl (C=O) groups excluding carboxylic acids is 4. The lowest BCUT2D eigenvalue weighted by Gasteiger charge is -2.31. The zero-order valence-electron chi connectivity index (χ0n) is 62.6. The molecule has 21 fully saturated rings. The highest BCUT2D eigenvalue weighted by atomic mass is 32.2. The molecular formula is C65H94O38S7. The highest BCUT2D eigenvalue weighted by Gasteiger charge is 2.83. The fraction of sp³-hybridized carbons (Fsp3) is 0.938. The predicted octanol–water partition coefficient (Wildman–Crippen LogP) is -1.81. The molecule has 0 aromatic rings. The van der Waals surface area contributed by atoms with Crippen molar-refractivity contribution >= 4 is 94.7 Å². The standard InChI is InChI=1S/C13H18O8S.C9H14O6S.2C9H12O6S.C9H14O4S.2C8H12O4S/c1-7-11-13(6-19-9(3)15)10(22(16,17)20-11)4-12(7,21-13)5-18-8(2)14;1-5-7-9(4-11)6(16(12,13)14-7)2-8(5,3-10)15-9;1-4-5-3-9(8(10)13-2)7(14-5)6(4)15-16(9,11)12;1-3-5-4(9(10)13-2)8-7(14-5)6(3)15-16(8,11)12;1-5-7-9(3)6(14(10,11)12-7)4-8(5,2)13-9;1-4-5-3-8(2)7(11-5)6(4)12-13(8,9)10;1-3-5-4(2)8-7(11-5)6(3)12-13(8,9)10/h7,10-11H,4-6H2,1-3H3;5-7,10-11H,2-4H2,1H3;4-7H,3H2,1-2H3;3-8H,1-2H3;5-7H,4H2,1-3H3;4-7H,3H2,1-2H3;3-8H,1-2H3. The number of methoxy groups -OCH3 is 2. The van der Waals surface area contributed by atoms with Crippen LogP contribution in [0.2, 0.25) is 0 Å². The van der Waals surface area contributed by atoms with Crippen LogP contribution in [0.4, 0.5) is 0 Å². The van der Waals surface area contributed by atoms with Gasteiger partial charge in [-0.2, -0.15) is 58.9 Å². The van der Waals surface area contributed by atoms with Crippen LogP contribution in [-0.4, -0.2) is 295 Å². The average Bonchev–Trinajstić information content (AvgIpc) is 1.44. The van der Waals surface area contributed by atoms with Gasteiger partial charge in [0, 0.05) is 80.5 Å². The maximum Gasteiger partial charge on any atom is 0.332 e. The Morgan fingerprint density at radius 3 is 1.41 bits per heavy atom. The Hall–Kier alpha value is -3.11. The van der Waals surface area contributed by atoms with Gasteiger partial charge in [-0.1, -0.05) is 55.4 Å². The van der Waals surface area contributed by atoms with Crippen molar-refractivity contribution in [3.05, 3.63) is 0 Å². The molecule has 21 saturated heterocycles. The van der Waals surface area contributed by atoms with Gasteiger partial charge < -0.3 is 62.3 Å². The first-order chi connectivity index (χ1) is 50.7. The Balaban J connectivity index is 0.000000103. The summed E-state index contributed by atoms with van der Waals surface area (Å²) in [5.41, 5.74) is -5.10. The highest BCUT2D eigenvalue weighted by Crippen LogP contribution is 2.66. The Kier molecular flexibility index (Phi) is 19.2. The molecule has 21 heterocycles. The summed E-state index contributed by atoms with van der Waals surface area (Å²) < 4.78 is 257. The van der Waals surface area contributed by atoms with Crippen molar-refractivity contribution in [2.24, 2.45) is 53.3 Å². The molecule has 0 saturated carbocycles. The van der Waals surface area contributed by atoms with Crippen LogP contribution >= 0.6 is 0 Å². The van der Waals surface area contributed by atoms with Gasteiger partial charge in [0.1, 0.15) is 140 Å². The van der Waals surface area contributed by atoms with E-state index in [1.54, 1.807) is 20.8 Å². The number of aliphatic hydroxyl groups excluding tert-OH is 2. The molecule has 21 aliphatic heterocycles. The van der Waals surface area contributed by atoms with Crippen LogP contribution in [0.15, 0.2) is 0 Å². The van der Waals surface area contributed by atoms with Gasteiger partial charge in [0.25, 0.3) is 70.8 Å². The average molecular weight is 1710 g/mol. The maximum atomic E-state index is 12.2. The minimum absolute atomic E-state index is 0.0000520. The van der Waals surface area contributed by atoms with E-state index in [0.717, 1.165) is 0 Å². The molecule has 38 nitrogen and oxygen atoms in total. The Bertz CT molecular complexity index is 4700. The van der Waals surface area contributed by atoms with Crippen LogP contribution in [-0.2, 0) is 171 Å². The van der Waals surface area contributed by atoms with Crippen molar-refractivity contribution in [2.45, 2.75) is 283 Å². The normalized spacial score (nSPS) is 54.9. The first-order valence-corrected chi connectivity index (χ1v) is 46.7. The third-order valence-corrected chi connectivity index (χ3v) is 41.3. The van der Waals surface area contributed by atoms with Crippen molar-refractivity contribution in [1.82, 2.24) is 0 Å². The van der Waals surface area contributed by atoms with Gasteiger partial charge in [-0.3, -0.25) is 48.5 Å². The van der Waals surface area contributed by atoms with E-state index in [9.17, 15) is 88.3 Å². The Morgan fingerprint density at radius 1 is 0.409 bits per heavy atom. The van der Waals surface area contributed by atoms with Crippen LogP contribution in [0.5, 0.6) is 0 Å². The molecule has 0 radical (unpaired) electrons. The molecule has 2 N–H and O–H groups in total. The Labute approximate surface area is 637 Å². The summed E-state index contributed by atoms with van der Waals surface area (Å²) >= 11 is 0. The molecule has 45 heteroatoms. The SMILES string of the molecule is CC(=O)OCC12CC3C(COC(C)=O)(O1)C(OS3(=O)=O)C2C.CC1C2CC3(C)C(O2)C1OS3(=O)=O.CC1C2OC3C1OS(=O)(=O)C3C2C.CC1C2OS(=O)(=O)C3CC1(C)OC23C.CC1C2OS(=O)(=O)C3CC1(CO)OC23CO.COC(=O)C12CC3OC1C(OS2(=O)=O)C3C.COC(=O)C1C2OC3C(OS(=O)(=O)C31)C2C. The van der Waals surface area contributed by atoms with E-state index >= 15 is 0 Å². The zero-order valence-corrected chi connectivity index (χ0v) is 68.3. The number of ether oxygens (including phenoxy) is 11. The lowest BCUT2D eigenvalue weighted by Crippen LogP contribution is -2.52. The van der Waals surface area contributed by atoms with Crippen molar-refractivity contribution in [2.75, 3.05) is 40.6 Å². The summed E-state index contributed by atoms with van der Waals surface area (Å²) in [4.78, 5) is 45.5. The van der Waals surface area contributed by atoms with E-state index in [4.69, 9.17) is 71.9 Å². The van der Waals surface area contributed by atoms with E-state index in [-0.39, 0.29) is 141 Å². The van der Waals surface area contributed by atoms with E-state index in [1.807, 2.05) is 55.4 Å². The van der Waals surface area contributed by atoms with Crippen molar-refractivity contribution in [3.8, 4) is 0 Å². The van der Waals surface area contributed by atoms with Crippen LogP contribution in [0.3, 0.4) is 0 Å². The number of aliphatic hydroxyl groups is 2. The van der Waals surface area contributed by atoms with E-state index < -0.39 is 214 Å². The van der Waals surface area contributed by atoms with Gasteiger partial charge in [0.15, 0.2) is 0 Å². The van der Waals surface area contributed by atoms with E-state index in [1.165, 1.54) is 28.1 Å². The van der Waals surface area contributed by atoms with Crippen molar-refractivity contribution in [3.63, 3.8) is 0 Å². The molecule has 0 aliphatic carbocycles. The molecule has 14 bridgehead atoms. The minimum Gasteiger partial charge on any atom is -0.469 e. The molecule has 37 unspecified atom stereocenters. The molecule has 0 amide bonds. The third kappa shape index (κ3) is 11.0.